The van der Waals surface area contributed by atoms with Crippen molar-refractivity contribution in [2.45, 2.75) is 26.8 Å². The van der Waals surface area contributed by atoms with Crippen LogP contribution < -0.4 is 10.6 Å². The van der Waals surface area contributed by atoms with Crippen molar-refractivity contribution in [1.82, 2.24) is 10.5 Å². The predicted molar refractivity (Wildman–Crippen MR) is 90.1 cm³/mol. The van der Waals surface area contributed by atoms with Crippen molar-refractivity contribution in [2.24, 2.45) is 5.92 Å². The smallest absolute Gasteiger partial charge is 0.253 e. The zero-order valence-electron chi connectivity index (χ0n) is 13.1. The van der Waals surface area contributed by atoms with Crippen LogP contribution in [0, 0.1) is 12.8 Å². The molecule has 0 fully saturated rings. The minimum Gasteiger partial charge on any atom is -0.360 e. The van der Waals surface area contributed by atoms with E-state index in [9.17, 15) is 9.59 Å². The summed E-state index contributed by atoms with van der Waals surface area (Å²) < 4.78 is 5.59. The van der Waals surface area contributed by atoms with Crippen LogP contribution in [0.25, 0.3) is 0 Å². The van der Waals surface area contributed by atoms with E-state index in [0.29, 0.717) is 21.6 Å². The van der Waals surface area contributed by atoms with Crippen LogP contribution >= 0.6 is 15.9 Å². The topological polar surface area (TPSA) is 84.2 Å². The van der Waals surface area contributed by atoms with Gasteiger partial charge in [-0.05, 0) is 40.9 Å². The van der Waals surface area contributed by atoms with Crippen LogP contribution in [-0.2, 0) is 4.79 Å². The normalized spacial score (nSPS) is 12.0. The second-order valence-electron chi connectivity index (χ2n) is 5.49. The van der Waals surface area contributed by atoms with Gasteiger partial charge in [-0.1, -0.05) is 31.1 Å². The summed E-state index contributed by atoms with van der Waals surface area (Å²) in [4.78, 5) is 24.8. The van der Waals surface area contributed by atoms with Gasteiger partial charge in [-0.2, -0.15) is 0 Å². The molecule has 0 saturated heterocycles. The van der Waals surface area contributed by atoms with Gasteiger partial charge in [0.25, 0.3) is 5.91 Å². The number of rotatable bonds is 5. The van der Waals surface area contributed by atoms with E-state index in [0.717, 1.165) is 0 Å². The molecule has 1 heterocycles. The van der Waals surface area contributed by atoms with Crippen LogP contribution in [0.2, 0.25) is 0 Å². The van der Waals surface area contributed by atoms with E-state index >= 15 is 0 Å². The number of aryl methyl sites for hydroxylation is 1. The van der Waals surface area contributed by atoms with Crippen LogP contribution in [0.1, 0.15) is 30.0 Å². The summed E-state index contributed by atoms with van der Waals surface area (Å²) in [7, 11) is 0. The van der Waals surface area contributed by atoms with Crippen LogP contribution in [0.15, 0.2) is 39.3 Å². The maximum Gasteiger partial charge on any atom is 0.253 e. The fourth-order valence-electron chi connectivity index (χ4n) is 2.03. The number of nitrogens with zero attached hydrogens (tertiary/aromatic N) is 1. The number of hydrogen-bond donors (Lipinski definition) is 2. The van der Waals surface area contributed by atoms with Crippen LogP contribution in [0.4, 0.5) is 5.82 Å². The molecule has 0 bridgehead atoms. The number of aromatic nitrogens is 1. The van der Waals surface area contributed by atoms with Crippen molar-refractivity contribution in [1.29, 1.82) is 0 Å². The van der Waals surface area contributed by atoms with Gasteiger partial charge >= 0.3 is 0 Å². The van der Waals surface area contributed by atoms with Crippen LogP contribution in [0.3, 0.4) is 0 Å². The number of carbonyl (C=O) groups is 2. The molecule has 0 aliphatic rings. The van der Waals surface area contributed by atoms with Gasteiger partial charge in [0.1, 0.15) is 11.8 Å². The maximum absolute atomic E-state index is 12.4. The fourth-order valence-corrected chi connectivity index (χ4v) is 2.49. The van der Waals surface area contributed by atoms with Crippen LogP contribution in [-0.4, -0.2) is 23.0 Å². The summed E-state index contributed by atoms with van der Waals surface area (Å²) in [6.07, 6.45) is 0. The summed E-state index contributed by atoms with van der Waals surface area (Å²) in [5.41, 5.74) is 0.475. The van der Waals surface area contributed by atoms with Crippen molar-refractivity contribution in [3.8, 4) is 0 Å². The Bertz CT molecular complexity index is 712. The standard InChI is InChI=1S/C16H18BrN3O3/c1-9(2)14(16(22)18-13-8-10(3)23-20-13)19-15(21)11-6-4-5-7-12(11)17/h4-9,14H,1-3H3,(H,19,21)(H,18,20,22)/t14-/m0/s1. The Labute approximate surface area is 142 Å². The average molecular weight is 380 g/mol. The molecule has 7 heteroatoms. The van der Waals surface area contributed by atoms with Crippen LogP contribution in [0.5, 0.6) is 0 Å². The molecule has 1 aromatic carbocycles. The van der Waals surface area contributed by atoms with Crippen molar-refractivity contribution in [3.05, 3.63) is 46.1 Å². The average Bonchev–Trinajstić information content (AvgIpc) is 2.89. The highest BCUT2D eigenvalue weighted by Crippen LogP contribution is 2.17. The molecule has 6 nitrogen and oxygen atoms in total. The quantitative estimate of drug-likeness (QED) is 0.835. The van der Waals surface area contributed by atoms with Gasteiger partial charge in [-0.15, -0.1) is 0 Å². The molecule has 23 heavy (non-hydrogen) atoms. The van der Waals surface area contributed by atoms with E-state index in [2.05, 4.69) is 31.7 Å². The maximum atomic E-state index is 12.4. The lowest BCUT2D eigenvalue weighted by Crippen LogP contribution is -2.47. The second-order valence-corrected chi connectivity index (χ2v) is 6.34. The first-order valence-electron chi connectivity index (χ1n) is 7.18. The molecule has 0 radical (unpaired) electrons. The highest BCUT2D eigenvalue weighted by molar-refractivity contribution is 9.10. The Morgan fingerprint density at radius 3 is 2.52 bits per heavy atom. The Morgan fingerprint density at radius 1 is 1.26 bits per heavy atom. The minimum atomic E-state index is -0.688. The lowest BCUT2D eigenvalue weighted by molar-refractivity contribution is -0.118. The van der Waals surface area contributed by atoms with Gasteiger partial charge in [0.15, 0.2) is 5.82 Å². The Balaban J connectivity index is 2.10. The zero-order chi connectivity index (χ0) is 17.0. The largest absolute Gasteiger partial charge is 0.360 e. The molecule has 1 aromatic heterocycles. The molecule has 0 unspecified atom stereocenters. The number of halogens is 1. The number of hydrogen-bond acceptors (Lipinski definition) is 4. The molecule has 0 aliphatic heterocycles. The molecule has 2 amide bonds. The molecule has 2 aromatic rings. The Kier molecular flexibility index (Phi) is 5.54. The summed E-state index contributed by atoms with van der Waals surface area (Å²) in [5, 5.41) is 9.13. The molecule has 0 aliphatic carbocycles. The number of carbonyl (C=O) groups excluding carboxylic acids is 2. The predicted octanol–water partition coefficient (Wildman–Crippen LogP) is 3.14. The van der Waals surface area contributed by atoms with Gasteiger partial charge in [0, 0.05) is 10.5 Å². The van der Waals surface area contributed by atoms with E-state index in [-0.39, 0.29) is 17.7 Å². The summed E-state index contributed by atoms with van der Waals surface area (Å²) in [6, 6.07) is 7.98. The van der Waals surface area contributed by atoms with E-state index < -0.39 is 6.04 Å². The zero-order valence-corrected chi connectivity index (χ0v) is 14.7. The van der Waals surface area contributed by atoms with Gasteiger partial charge < -0.3 is 15.2 Å². The molecular weight excluding hydrogens is 362 g/mol. The fraction of sp³-hybridized carbons (Fsp3) is 0.312. The van der Waals surface area contributed by atoms with E-state index in [1.54, 1.807) is 31.2 Å². The number of amides is 2. The third kappa shape index (κ3) is 4.41. The number of nitrogens with one attached hydrogen (secondary N) is 2. The van der Waals surface area contributed by atoms with Gasteiger partial charge in [-0.3, -0.25) is 9.59 Å². The number of benzene rings is 1. The van der Waals surface area contributed by atoms with Gasteiger partial charge in [0.2, 0.25) is 5.91 Å². The summed E-state index contributed by atoms with van der Waals surface area (Å²) in [6.45, 7) is 5.45. The third-order valence-corrected chi connectivity index (χ3v) is 3.92. The first-order chi connectivity index (χ1) is 10.9. The number of anilines is 1. The molecular formula is C16H18BrN3O3. The lowest BCUT2D eigenvalue weighted by atomic mass is 10.0. The van der Waals surface area contributed by atoms with E-state index in [4.69, 9.17) is 4.52 Å². The summed E-state index contributed by atoms with van der Waals surface area (Å²) >= 11 is 3.33. The van der Waals surface area contributed by atoms with E-state index in [1.807, 2.05) is 19.9 Å². The highest BCUT2D eigenvalue weighted by Gasteiger charge is 2.26. The molecule has 0 spiro atoms. The first kappa shape index (κ1) is 17.2. The molecule has 2 rings (SSSR count). The first-order valence-corrected chi connectivity index (χ1v) is 7.97. The van der Waals surface area contributed by atoms with Crippen molar-refractivity contribution >= 4 is 33.6 Å². The van der Waals surface area contributed by atoms with Crippen molar-refractivity contribution in [2.75, 3.05) is 5.32 Å². The van der Waals surface area contributed by atoms with E-state index in [1.165, 1.54) is 0 Å². The summed E-state index contributed by atoms with van der Waals surface area (Å²) in [5.74, 6) is 0.178. The van der Waals surface area contributed by atoms with Gasteiger partial charge in [-0.25, -0.2) is 0 Å². The molecule has 0 saturated carbocycles. The highest BCUT2D eigenvalue weighted by atomic mass is 79.9. The Morgan fingerprint density at radius 2 is 1.96 bits per heavy atom. The van der Waals surface area contributed by atoms with Crippen molar-refractivity contribution in [3.63, 3.8) is 0 Å². The third-order valence-electron chi connectivity index (χ3n) is 3.23. The van der Waals surface area contributed by atoms with Crippen molar-refractivity contribution < 1.29 is 14.1 Å². The minimum absolute atomic E-state index is 0.0885. The molecule has 2 N–H and O–H groups in total. The SMILES string of the molecule is Cc1cc(NC(=O)[C@@H](NC(=O)c2ccccc2Br)C(C)C)no1. The Hall–Kier alpha value is -2.15. The molecule has 1 atom stereocenters. The lowest BCUT2D eigenvalue weighted by Gasteiger charge is -2.21. The second kappa shape index (κ2) is 7.41. The monoisotopic (exact) mass is 379 g/mol. The molecule has 122 valence electrons. The van der Waals surface area contributed by atoms with Gasteiger partial charge in [0.05, 0.1) is 5.56 Å².